The Labute approximate surface area is 195 Å². The summed E-state index contributed by atoms with van der Waals surface area (Å²) in [6, 6.07) is 0. The van der Waals surface area contributed by atoms with Crippen LogP contribution in [0.15, 0.2) is 12.7 Å². The summed E-state index contributed by atoms with van der Waals surface area (Å²) in [6.07, 6.45) is -8.08. The molecule has 17 nitrogen and oxygen atoms in total. The van der Waals surface area contributed by atoms with Crippen molar-refractivity contribution in [3.05, 3.63) is 12.7 Å². The lowest BCUT2D eigenvalue weighted by Crippen LogP contribution is -2.33. The summed E-state index contributed by atoms with van der Waals surface area (Å²) in [5, 5.41) is 30.2. The lowest BCUT2D eigenvalue weighted by molar-refractivity contribution is -0.0506. The Morgan fingerprint density at radius 1 is 1.06 bits per heavy atom. The van der Waals surface area contributed by atoms with Crippen LogP contribution in [0.3, 0.4) is 0 Å². The molecule has 9 atom stereocenters. The fourth-order valence-electron chi connectivity index (χ4n) is 3.46. The quantitative estimate of drug-likeness (QED) is 0.194. The van der Waals surface area contributed by atoms with Crippen LogP contribution in [0.2, 0.25) is 0 Å². The van der Waals surface area contributed by atoms with E-state index in [2.05, 4.69) is 28.3 Å². The minimum Gasteiger partial charge on any atom is -0.387 e. The number of fused-ring (bicyclic) bond motifs is 1. The summed E-state index contributed by atoms with van der Waals surface area (Å²) in [7, 11) is -10.5. The van der Waals surface area contributed by atoms with E-state index in [-0.39, 0.29) is 17.0 Å². The number of anilines is 1. The average Bonchev–Trinajstić information content (AvgIpc) is 3.43. The Hall–Kier alpha value is -1.66. The lowest BCUT2D eigenvalue weighted by atomic mass is 10.1. The molecular formula is C15H22FN5O12P2. The van der Waals surface area contributed by atoms with Gasteiger partial charge in [-0.3, -0.25) is 13.6 Å². The van der Waals surface area contributed by atoms with Crippen LogP contribution in [0, 0.1) is 0 Å². The molecule has 4 heterocycles. The Kier molecular flexibility index (Phi) is 7.55. The molecule has 2 aliphatic rings. The third kappa shape index (κ3) is 5.69. The van der Waals surface area contributed by atoms with Gasteiger partial charge in [-0.25, -0.2) is 28.5 Å². The van der Waals surface area contributed by atoms with Crippen molar-refractivity contribution < 1.29 is 61.5 Å². The molecule has 2 saturated heterocycles. The molecule has 0 bridgehead atoms. The fraction of sp³-hybridized carbons (Fsp3) is 0.667. The van der Waals surface area contributed by atoms with Gasteiger partial charge in [-0.2, -0.15) is 4.31 Å². The Morgan fingerprint density at radius 3 is 2.34 bits per heavy atom. The Balaban J connectivity index is 1.34. The van der Waals surface area contributed by atoms with Gasteiger partial charge in [0.2, 0.25) is 0 Å². The van der Waals surface area contributed by atoms with Gasteiger partial charge in [0, 0.05) is 0 Å². The first kappa shape index (κ1) is 26.4. The maximum atomic E-state index is 13.2. The van der Waals surface area contributed by atoms with Gasteiger partial charge in [0.15, 0.2) is 23.9 Å². The van der Waals surface area contributed by atoms with Crippen LogP contribution in [-0.2, 0) is 32.0 Å². The Morgan fingerprint density at radius 2 is 1.71 bits per heavy atom. The third-order valence-corrected chi connectivity index (χ3v) is 7.83. The molecule has 20 heteroatoms. The molecule has 0 aromatic carbocycles. The van der Waals surface area contributed by atoms with Crippen molar-refractivity contribution in [2.24, 2.45) is 0 Å². The first-order valence-electron chi connectivity index (χ1n) is 9.93. The number of aliphatic hydroxyl groups excluding tert-OH is 3. The van der Waals surface area contributed by atoms with Gasteiger partial charge < -0.3 is 40.3 Å². The average molecular weight is 545 g/mol. The maximum absolute atomic E-state index is 13.2. The molecule has 7 N–H and O–H groups in total. The summed E-state index contributed by atoms with van der Waals surface area (Å²) in [6.45, 7) is -2.14. The second kappa shape index (κ2) is 10.0. The van der Waals surface area contributed by atoms with Crippen molar-refractivity contribution in [1.82, 2.24) is 19.5 Å². The summed E-state index contributed by atoms with van der Waals surface area (Å²) in [5.41, 5.74) is 6.10. The fourth-order valence-corrected chi connectivity index (χ4v) is 5.55. The zero-order chi connectivity index (χ0) is 25.5. The second-order valence-corrected chi connectivity index (χ2v) is 10.7. The van der Waals surface area contributed by atoms with Gasteiger partial charge in [-0.05, 0) is 0 Å². The van der Waals surface area contributed by atoms with Crippen LogP contribution >= 0.6 is 15.6 Å². The van der Waals surface area contributed by atoms with Crippen LogP contribution in [0.1, 0.15) is 6.23 Å². The molecule has 2 fully saturated rings. The third-order valence-electron chi connectivity index (χ3n) is 5.23. The highest BCUT2D eigenvalue weighted by molar-refractivity contribution is 7.61. The number of imidazole rings is 1. The van der Waals surface area contributed by atoms with Crippen LogP contribution in [0.4, 0.5) is 10.2 Å². The van der Waals surface area contributed by atoms with Gasteiger partial charge in [0.05, 0.1) is 26.1 Å². The van der Waals surface area contributed by atoms with Crippen LogP contribution in [0.5, 0.6) is 0 Å². The number of hydrogen-bond acceptors (Lipinski definition) is 14. The van der Waals surface area contributed by atoms with Crippen molar-refractivity contribution in [3.63, 3.8) is 0 Å². The molecule has 2 aromatic heterocycles. The van der Waals surface area contributed by atoms with Crippen molar-refractivity contribution >= 4 is 32.6 Å². The van der Waals surface area contributed by atoms with E-state index in [9.17, 15) is 38.6 Å². The molecule has 0 amide bonds. The van der Waals surface area contributed by atoms with Gasteiger partial charge in [-0.15, -0.1) is 0 Å². The van der Waals surface area contributed by atoms with Crippen LogP contribution in [0.25, 0.3) is 11.2 Å². The number of halogens is 1. The van der Waals surface area contributed by atoms with Crippen molar-refractivity contribution in [1.29, 1.82) is 0 Å². The number of rotatable bonds is 9. The van der Waals surface area contributed by atoms with Gasteiger partial charge in [-0.1, -0.05) is 0 Å². The predicted molar refractivity (Wildman–Crippen MR) is 109 cm³/mol. The number of nitrogen functional groups attached to an aromatic ring is 1. The number of nitrogens with zero attached hydrogens (tertiary/aromatic N) is 4. The van der Waals surface area contributed by atoms with Crippen LogP contribution in [-0.4, -0.2) is 101 Å². The highest BCUT2D eigenvalue weighted by Crippen LogP contribution is 2.60. The topological polar surface area (TPSA) is 251 Å². The van der Waals surface area contributed by atoms with Gasteiger partial charge >= 0.3 is 15.6 Å². The van der Waals surface area contributed by atoms with E-state index < -0.39 is 78.4 Å². The minimum atomic E-state index is -5.27. The second-order valence-electron chi connectivity index (χ2n) is 7.62. The van der Waals surface area contributed by atoms with E-state index in [4.69, 9.17) is 15.2 Å². The van der Waals surface area contributed by atoms with Crippen molar-refractivity contribution in [3.8, 4) is 0 Å². The smallest absolute Gasteiger partial charge is 0.387 e. The molecule has 0 aliphatic carbocycles. The monoisotopic (exact) mass is 545 g/mol. The standard InChI is InChI=1S/C15H22FN5O12P2/c16-6-1-29-7(10(6)22)2-30-34(25,26)33-35(27,28)31-3-8-11(23)12(24)15(32-8)21-5-20-9-13(17)18-4-19-14(9)21/h4-8,10-12,15,22-24H,1-3H2,(H,25,26)(H,27,28)(H2,17,18,19)/t6-,7-,8-,10+,11-,12-,15-/m1/s1. The van der Waals surface area contributed by atoms with E-state index in [1.165, 1.54) is 10.9 Å². The van der Waals surface area contributed by atoms with E-state index in [1.54, 1.807) is 0 Å². The summed E-state index contributed by atoms with van der Waals surface area (Å²) in [4.78, 5) is 31.2. The summed E-state index contributed by atoms with van der Waals surface area (Å²) < 4.78 is 62.1. The normalized spacial score (nSPS) is 34.7. The van der Waals surface area contributed by atoms with Gasteiger partial charge in [0.25, 0.3) is 0 Å². The molecule has 2 aliphatic heterocycles. The first-order chi connectivity index (χ1) is 16.4. The summed E-state index contributed by atoms with van der Waals surface area (Å²) >= 11 is 0. The number of aliphatic hydroxyl groups is 3. The minimum absolute atomic E-state index is 0.0641. The first-order valence-corrected chi connectivity index (χ1v) is 12.9. The number of phosphoric ester groups is 2. The van der Waals surface area contributed by atoms with E-state index >= 15 is 0 Å². The zero-order valence-electron chi connectivity index (χ0n) is 17.5. The highest BCUT2D eigenvalue weighted by Gasteiger charge is 2.46. The molecule has 2 unspecified atom stereocenters. The van der Waals surface area contributed by atoms with Crippen LogP contribution < -0.4 is 5.73 Å². The molecule has 2 aromatic rings. The number of alkyl halides is 1. The van der Waals surface area contributed by atoms with E-state index in [1.807, 2.05) is 0 Å². The van der Waals surface area contributed by atoms with Crippen molar-refractivity contribution in [2.45, 2.75) is 42.9 Å². The SMILES string of the molecule is Nc1ncnc2c1ncn2[C@@H]1O[C@H](COP(=O)(O)OP(=O)(O)OC[C@H]2OC[C@@H](F)[C@@H]2O)[C@@H](O)[C@H]1O. The van der Waals surface area contributed by atoms with E-state index in [0.29, 0.717) is 0 Å². The Bertz CT molecular complexity index is 1160. The zero-order valence-corrected chi connectivity index (χ0v) is 19.3. The number of phosphoric acid groups is 2. The molecule has 0 spiro atoms. The molecule has 196 valence electrons. The van der Waals surface area contributed by atoms with Gasteiger partial charge in [0.1, 0.15) is 42.4 Å². The molecule has 0 saturated carbocycles. The molecule has 0 radical (unpaired) electrons. The van der Waals surface area contributed by atoms with E-state index in [0.717, 1.165) is 6.33 Å². The molecule has 35 heavy (non-hydrogen) atoms. The number of nitrogens with two attached hydrogens (primary N) is 1. The number of aromatic nitrogens is 4. The summed E-state index contributed by atoms with van der Waals surface area (Å²) in [5.74, 6) is 0.0641. The highest BCUT2D eigenvalue weighted by atomic mass is 31.3. The largest absolute Gasteiger partial charge is 0.481 e. The molecule has 4 rings (SSSR count). The lowest BCUT2D eigenvalue weighted by Gasteiger charge is -2.20. The van der Waals surface area contributed by atoms with Crippen molar-refractivity contribution in [2.75, 3.05) is 25.6 Å². The number of hydrogen-bond donors (Lipinski definition) is 6. The predicted octanol–water partition coefficient (Wildman–Crippen LogP) is -1.62. The maximum Gasteiger partial charge on any atom is 0.481 e. The number of ether oxygens (including phenoxy) is 2. The molecular weight excluding hydrogens is 523 g/mol.